The van der Waals surface area contributed by atoms with Crippen LogP contribution in [0.2, 0.25) is 0 Å². The Labute approximate surface area is 141 Å². The van der Waals surface area contributed by atoms with Gasteiger partial charge in [-0.05, 0) is 30.9 Å². The van der Waals surface area contributed by atoms with Crippen molar-refractivity contribution in [2.45, 2.75) is 39.0 Å². The first-order valence-electron chi connectivity index (χ1n) is 8.30. The Morgan fingerprint density at radius 1 is 1.33 bits per heavy atom. The molecule has 2 heterocycles. The molecule has 128 valence electrons. The first-order chi connectivity index (χ1) is 11.6. The number of nitrogens with one attached hydrogen (secondary N) is 1. The molecule has 6 nitrogen and oxygen atoms in total. The highest BCUT2D eigenvalue weighted by molar-refractivity contribution is 5.91. The van der Waals surface area contributed by atoms with Crippen LogP contribution in [0, 0.1) is 6.92 Å². The van der Waals surface area contributed by atoms with Crippen LogP contribution in [0.25, 0.3) is 0 Å². The Hall–Kier alpha value is -2.18. The highest BCUT2D eigenvalue weighted by Crippen LogP contribution is 2.16. The summed E-state index contributed by atoms with van der Waals surface area (Å²) in [7, 11) is 0. The highest BCUT2D eigenvalue weighted by Gasteiger charge is 2.18. The fraction of sp³-hybridized carbons (Fsp3) is 0.444. The van der Waals surface area contributed by atoms with Crippen LogP contribution in [0.1, 0.15) is 40.2 Å². The van der Waals surface area contributed by atoms with Crippen LogP contribution in [0.4, 0.5) is 0 Å². The van der Waals surface area contributed by atoms with Gasteiger partial charge < -0.3 is 14.9 Å². The van der Waals surface area contributed by atoms with Gasteiger partial charge in [-0.15, -0.1) is 0 Å². The normalized spacial score (nSPS) is 16.2. The summed E-state index contributed by atoms with van der Waals surface area (Å²) in [5.41, 5.74) is 2.98. The van der Waals surface area contributed by atoms with Crippen LogP contribution in [0.15, 0.2) is 34.9 Å². The van der Waals surface area contributed by atoms with Crippen molar-refractivity contribution < 1.29 is 14.4 Å². The number of aliphatic hydroxyl groups excluding tert-OH is 1. The Balaban J connectivity index is 1.60. The number of aliphatic hydroxyl groups is 1. The van der Waals surface area contributed by atoms with Crippen molar-refractivity contribution in [2.75, 3.05) is 13.1 Å². The van der Waals surface area contributed by atoms with Crippen LogP contribution < -0.4 is 5.32 Å². The number of piperidine rings is 1. The zero-order chi connectivity index (χ0) is 16.9. The van der Waals surface area contributed by atoms with Gasteiger partial charge in [-0.25, -0.2) is 0 Å². The second-order valence-electron chi connectivity index (χ2n) is 6.29. The molecule has 0 spiro atoms. The van der Waals surface area contributed by atoms with Gasteiger partial charge in [0.05, 0.1) is 11.8 Å². The van der Waals surface area contributed by atoms with Crippen molar-refractivity contribution in [3.63, 3.8) is 0 Å². The number of aromatic nitrogens is 1. The first kappa shape index (κ1) is 16.7. The van der Waals surface area contributed by atoms with Crippen molar-refractivity contribution in [1.29, 1.82) is 0 Å². The number of benzene rings is 1. The van der Waals surface area contributed by atoms with Crippen LogP contribution in [0.5, 0.6) is 0 Å². The lowest BCUT2D eigenvalue weighted by Crippen LogP contribution is -2.35. The molecule has 0 saturated carbocycles. The van der Waals surface area contributed by atoms with Gasteiger partial charge in [0.15, 0.2) is 0 Å². The summed E-state index contributed by atoms with van der Waals surface area (Å²) in [6, 6.07) is 9.73. The van der Waals surface area contributed by atoms with E-state index in [2.05, 4.69) is 21.4 Å². The van der Waals surface area contributed by atoms with E-state index in [0.717, 1.165) is 38.0 Å². The molecule has 1 aromatic heterocycles. The second kappa shape index (κ2) is 7.59. The maximum absolute atomic E-state index is 12.1. The molecule has 1 aliphatic heterocycles. The summed E-state index contributed by atoms with van der Waals surface area (Å²) in [6.45, 7) is 4.87. The molecule has 1 amide bonds. The van der Waals surface area contributed by atoms with Crippen LogP contribution >= 0.6 is 0 Å². The van der Waals surface area contributed by atoms with Crippen LogP contribution in [-0.2, 0) is 13.1 Å². The summed E-state index contributed by atoms with van der Waals surface area (Å²) in [4.78, 5) is 14.4. The zero-order valence-electron chi connectivity index (χ0n) is 13.9. The van der Waals surface area contributed by atoms with Gasteiger partial charge in [-0.3, -0.25) is 9.69 Å². The fourth-order valence-corrected chi connectivity index (χ4v) is 2.94. The molecule has 2 aromatic rings. The fourth-order valence-electron chi connectivity index (χ4n) is 2.94. The van der Waals surface area contributed by atoms with Gasteiger partial charge >= 0.3 is 0 Å². The third-order valence-corrected chi connectivity index (χ3v) is 4.36. The largest absolute Gasteiger partial charge is 0.393 e. The summed E-state index contributed by atoms with van der Waals surface area (Å²) in [5, 5.41) is 16.2. The summed E-state index contributed by atoms with van der Waals surface area (Å²) >= 11 is 0. The van der Waals surface area contributed by atoms with E-state index < -0.39 is 0 Å². The molecule has 0 aliphatic carbocycles. The standard InChI is InChI=1S/C18H23N3O3/c1-13-10-17(24-20-13)18(23)19-11-14-4-2-3-5-15(14)12-21-8-6-16(22)7-9-21/h2-5,10,16,22H,6-9,11-12H2,1H3,(H,19,23). The number of nitrogens with zero attached hydrogens (tertiary/aromatic N) is 2. The van der Waals surface area contributed by atoms with E-state index in [1.165, 1.54) is 5.56 Å². The van der Waals surface area contributed by atoms with Gasteiger partial charge in [0.2, 0.25) is 5.76 Å². The van der Waals surface area contributed by atoms with E-state index in [9.17, 15) is 9.90 Å². The molecule has 1 saturated heterocycles. The van der Waals surface area contributed by atoms with E-state index in [-0.39, 0.29) is 17.8 Å². The maximum atomic E-state index is 12.1. The Morgan fingerprint density at radius 3 is 2.71 bits per heavy atom. The van der Waals surface area contributed by atoms with E-state index in [4.69, 9.17) is 4.52 Å². The monoisotopic (exact) mass is 329 g/mol. The first-order valence-corrected chi connectivity index (χ1v) is 8.30. The van der Waals surface area contributed by atoms with Crippen LogP contribution in [0.3, 0.4) is 0 Å². The minimum atomic E-state index is -0.258. The quantitative estimate of drug-likeness (QED) is 0.875. The number of rotatable bonds is 5. The molecule has 1 aliphatic rings. The predicted octanol–water partition coefficient (Wildman–Crippen LogP) is 1.87. The highest BCUT2D eigenvalue weighted by atomic mass is 16.5. The topological polar surface area (TPSA) is 78.6 Å². The molecule has 0 bridgehead atoms. The van der Waals surface area contributed by atoms with Crippen molar-refractivity contribution in [3.8, 4) is 0 Å². The summed E-state index contributed by atoms with van der Waals surface area (Å²) < 4.78 is 4.98. The zero-order valence-corrected chi connectivity index (χ0v) is 13.9. The number of hydrogen-bond acceptors (Lipinski definition) is 5. The summed E-state index contributed by atoms with van der Waals surface area (Å²) in [6.07, 6.45) is 1.48. The minimum absolute atomic E-state index is 0.166. The van der Waals surface area contributed by atoms with E-state index in [0.29, 0.717) is 12.2 Å². The molecular weight excluding hydrogens is 306 g/mol. The van der Waals surface area contributed by atoms with E-state index in [1.807, 2.05) is 18.2 Å². The average molecular weight is 329 g/mol. The van der Waals surface area contributed by atoms with Crippen molar-refractivity contribution in [2.24, 2.45) is 0 Å². The Bertz CT molecular complexity index is 690. The third kappa shape index (κ3) is 4.21. The van der Waals surface area contributed by atoms with Gasteiger partial charge in [0.1, 0.15) is 0 Å². The molecule has 24 heavy (non-hydrogen) atoms. The number of hydrogen-bond donors (Lipinski definition) is 2. The average Bonchev–Trinajstić information content (AvgIpc) is 3.02. The van der Waals surface area contributed by atoms with E-state index in [1.54, 1.807) is 13.0 Å². The van der Waals surface area contributed by atoms with Crippen LogP contribution in [-0.4, -0.2) is 40.3 Å². The molecule has 0 unspecified atom stereocenters. The predicted molar refractivity (Wildman–Crippen MR) is 89.4 cm³/mol. The lowest BCUT2D eigenvalue weighted by atomic mass is 10.0. The third-order valence-electron chi connectivity index (χ3n) is 4.36. The molecular formula is C18H23N3O3. The van der Waals surface area contributed by atoms with Gasteiger partial charge in [-0.1, -0.05) is 29.4 Å². The van der Waals surface area contributed by atoms with Gasteiger partial charge in [-0.2, -0.15) is 0 Å². The minimum Gasteiger partial charge on any atom is -0.393 e. The molecule has 3 rings (SSSR count). The summed E-state index contributed by atoms with van der Waals surface area (Å²) in [5.74, 6) is -0.0264. The Kier molecular flexibility index (Phi) is 5.27. The number of likely N-dealkylation sites (tertiary alicyclic amines) is 1. The number of carbonyl (C=O) groups excluding carboxylic acids is 1. The molecule has 1 fully saturated rings. The lowest BCUT2D eigenvalue weighted by molar-refractivity contribution is 0.0790. The molecule has 2 N–H and O–H groups in total. The maximum Gasteiger partial charge on any atom is 0.290 e. The number of amides is 1. The molecule has 6 heteroatoms. The molecule has 0 radical (unpaired) electrons. The van der Waals surface area contributed by atoms with Crippen molar-refractivity contribution in [1.82, 2.24) is 15.4 Å². The van der Waals surface area contributed by atoms with Crippen molar-refractivity contribution >= 4 is 5.91 Å². The molecule has 0 atom stereocenters. The molecule has 1 aromatic carbocycles. The SMILES string of the molecule is Cc1cc(C(=O)NCc2ccccc2CN2CCC(O)CC2)on1. The van der Waals surface area contributed by atoms with Crippen molar-refractivity contribution in [3.05, 3.63) is 52.9 Å². The van der Waals surface area contributed by atoms with Gasteiger partial charge in [0, 0.05) is 32.2 Å². The number of carbonyl (C=O) groups is 1. The number of aryl methyl sites for hydroxylation is 1. The smallest absolute Gasteiger partial charge is 0.290 e. The van der Waals surface area contributed by atoms with E-state index >= 15 is 0 Å². The second-order valence-corrected chi connectivity index (χ2v) is 6.29. The lowest BCUT2D eigenvalue weighted by Gasteiger charge is -2.30. The Morgan fingerprint density at radius 2 is 2.04 bits per heavy atom. The van der Waals surface area contributed by atoms with Gasteiger partial charge in [0.25, 0.3) is 5.91 Å².